The summed E-state index contributed by atoms with van der Waals surface area (Å²) in [5.41, 5.74) is 8.02. The van der Waals surface area contributed by atoms with Crippen LogP contribution in [0, 0.1) is 34.8 Å². The number of methoxy groups -OCH3 is 1. The Morgan fingerprint density at radius 2 is 1.36 bits per heavy atom. The Morgan fingerprint density at radius 1 is 0.818 bits per heavy atom. The fraction of sp³-hybridized carbons (Fsp3) is 0.643. The molecule has 0 radical (unpaired) electrons. The van der Waals surface area contributed by atoms with E-state index in [1.807, 2.05) is 12.1 Å². The third-order valence-electron chi connectivity index (χ3n) is 5.82. The van der Waals surface area contributed by atoms with Crippen molar-refractivity contribution in [3.63, 3.8) is 0 Å². The minimum atomic E-state index is -1.28. The van der Waals surface area contributed by atoms with Gasteiger partial charge in [0.2, 0.25) is 0 Å². The van der Waals surface area contributed by atoms with Crippen LogP contribution in [0.4, 0.5) is 0 Å². The smallest absolute Gasteiger partial charge is 0.129 e. The van der Waals surface area contributed by atoms with Crippen LogP contribution < -0.4 is 4.74 Å². The Bertz CT molecular complexity index is 844. The molecule has 0 amide bonds. The molecule has 0 saturated heterocycles. The topological polar surface area (TPSA) is 38.7 Å². The largest absolute Gasteiger partial charge is 0.497 e. The van der Waals surface area contributed by atoms with E-state index in [0.29, 0.717) is 18.6 Å². The van der Waals surface area contributed by atoms with Gasteiger partial charge in [0.25, 0.3) is 0 Å². The molecule has 2 aliphatic rings. The van der Waals surface area contributed by atoms with Crippen molar-refractivity contribution in [2.75, 3.05) is 7.11 Å². The Morgan fingerprint density at radius 3 is 1.88 bits per heavy atom. The maximum Gasteiger partial charge on any atom is 0.129 e. The molecule has 4 atom stereocenters. The van der Waals surface area contributed by atoms with Crippen molar-refractivity contribution >= 4 is 16.1 Å². The summed E-state index contributed by atoms with van der Waals surface area (Å²) >= 11 is 0. The van der Waals surface area contributed by atoms with Crippen LogP contribution in [0.5, 0.6) is 5.75 Å². The maximum atomic E-state index is 9.50. The van der Waals surface area contributed by atoms with Gasteiger partial charge in [0.05, 0.1) is 25.9 Å². The molecule has 5 heteroatoms. The van der Waals surface area contributed by atoms with Gasteiger partial charge in [-0.05, 0) is 56.2 Å². The third-order valence-corrected chi connectivity index (χ3v) is 7.61. The molecule has 2 saturated carbocycles. The maximum absolute atomic E-state index is 9.50. The molecule has 0 spiro atoms. The lowest BCUT2D eigenvalue weighted by atomic mass is 10.1. The summed E-state index contributed by atoms with van der Waals surface area (Å²) < 4.78 is 11.3. The van der Waals surface area contributed by atoms with Crippen LogP contribution in [0.1, 0.15) is 44.1 Å². The Balaban J connectivity index is 0.000000273. The molecule has 2 unspecified atom stereocenters. The monoisotopic (exact) mass is 484 g/mol. The quantitative estimate of drug-likeness (QED) is 0.403. The van der Waals surface area contributed by atoms with E-state index in [2.05, 4.69) is 74.3 Å². The van der Waals surface area contributed by atoms with Crippen LogP contribution in [0.3, 0.4) is 0 Å². The molecule has 0 aromatic heterocycles. The van der Waals surface area contributed by atoms with Gasteiger partial charge in [0.1, 0.15) is 21.9 Å². The number of rotatable bonds is 4. The fourth-order valence-corrected chi connectivity index (χ4v) is 5.18. The van der Waals surface area contributed by atoms with E-state index in [-0.39, 0.29) is 12.0 Å². The van der Waals surface area contributed by atoms with Crippen LogP contribution in [-0.4, -0.2) is 40.6 Å². The highest BCUT2D eigenvalue weighted by atomic mass is 28.3. The molecule has 1 N–H and O–H groups in total. The first-order chi connectivity index (χ1) is 15.5. The van der Waals surface area contributed by atoms with E-state index in [0.717, 1.165) is 31.4 Å². The molecule has 2 aliphatic carbocycles. The van der Waals surface area contributed by atoms with Gasteiger partial charge in [-0.15, -0.1) is 22.9 Å². The summed E-state index contributed by atoms with van der Waals surface area (Å²) in [6.07, 6.45) is 6.91. The number of aliphatic hydroxyl groups is 1. The second-order valence-electron chi connectivity index (χ2n) is 11.4. The van der Waals surface area contributed by atoms with Gasteiger partial charge in [-0.1, -0.05) is 51.4 Å². The first-order valence-electron chi connectivity index (χ1n) is 12.4. The second kappa shape index (κ2) is 12.8. The molecular weight excluding hydrogens is 440 g/mol. The highest BCUT2D eigenvalue weighted by Crippen LogP contribution is 2.29. The standard InChI is InChI=1S/C18H26O2Si.C10H18OSi/c1-19-17-10-8-15(9-11-17)14-20-18-7-5-6-16(18)12-13-21(2,3)4;1-12(2,3)8-7-9-5-4-6-10(9)11/h8-11,16,18H,5-7,14H2,1-4H3;9-11H,4-6H2,1-3H3/t16?,18-;9?,10-/m11/s1. The predicted molar refractivity (Wildman–Crippen MR) is 145 cm³/mol. The van der Waals surface area contributed by atoms with E-state index >= 15 is 0 Å². The fourth-order valence-electron chi connectivity index (χ4n) is 3.94. The average molecular weight is 485 g/mol. The zero-order chi connectivity index (χ0) is 24.5. The lowest BCUT2D eigenvalue weighted by Crippen LogP contribution is -2.20. The first kappa shape index (κ1) is 27.7. The zero-order valence-electron chi connectivity index (χ0n) is 21.8. The SMILES string of the molecule is COc1ccc(CO[C@@H]2CCCC2C#C[Si](C)(C)C)cc1.C[Si](C)(C)C#CC1CCC[C@H]1O. The Hall–Kier alpha value is -1.51. The summed E-state index contributed by atoms with van der Waals surface area (Å²) in [5, 5.41) is 9.50. The number of ether oxygens (including phenoxy) is 2. The van der Waals surface area contributed by atoms with Crippen LogP contribution in [-0.2, 0) is 11.3 Å². The molecule has 2 fully saturated rings. The van der Waals surface area contributed by atoms with Crippen molar-refractivity contribution in [3.05, 3.63) is 29.8 Å². The van der Waals surface area contributed by atoms with Crippen LogP contribution >= 0.6 is 0 Å². The van der Waals surface area contributed by atoms with E-state index in [4.69, 9.17) is 9.47 Å². The zero-order valence-corrected chi connectivity index (χ0v) is 23.8. The lowest BCUT2D eigenvalue weighted by molar-refractivity contribution is 0.0295. The summed E-state index contributed by atoms with van der Waals surface area (Å²) in [6.45, 7) is 14.3. The van der Waals surface area contributed by atoms with Crippen molar-refractivity contribution in [2.24, 2.45) is 11.8 Å². The van der Waals surface area contributed by atoms with Crippen LogP contribution in [0.2, 0.25) is 39.3 Å². The summed E-state index contributed by atoms with van der Waals surface area (Å²) in [7, 11) is -0.823. The summed E-state index contributed by atoms with van der Waals surface area (Å²) in [6, 6.07) is 8.10. The average Bonchev–Trinajstić information content (AvgIpc) is 3.37. The highest BCUT2D eigenvalue weighted by molar-refractivity contribution is 6.84. The van der Waals surface area contributed by atoms with Crippen molar-refractivity contribution in [2.45, 2.75) is 96.6 Å². The van der Waals surface area contributed by atoms with Gasteiger partial charge in [-0.25, -0.2) is 0 Å². The minimum absolute atomic E-state index is 0.145. The molecular formula is C28H44O3Si2. The molecule has 1 aromatic rings. The van der Waals surface area contributed by atoms with Crippen LogP contribution in [0.25, 0.3) is 0 Å². The van der Waals surface area contributed by atoms with E-state index in [1.54, 1.807) is 7.11 Å². The van der Waals surface area contributed by atoms with E-state index in [9.17, 15) is 5.11 Å². The van der Waals surface area contributed by atoms with Gasteiger partial charge in [-0.3, -0.25) is 0 Å². The van der Waals surface area contributed by atoms with E-state index < -0.39 is 16.1 Å². The third kappa shape index (κ3) is 11.0. The molecule has 0 aliphatic heterocycles. The van der Waals surface area contributed by atoms with Crippen molar-refractivity contribution in [3.8, 4) is 28.7 Å². The molecule has 1 aromatic carbocycles. The normalized spacial score (nSPS) is 24.6. The van der Waals surface area contributed by atoms with Crippen molar-refractivity contribution < 1.29 is 14.6 Å². The molecule has 3 nitrogen and oxygen atoms in total. The van der Waals surface area contributed by atoms with Gasteiger partial charge < -0.3 is 14.6 Å². The number of hydrogen-bond acceptors (Lipinski definition) is 3. The van der Waals surface area contributed by atoms with Gasteiger partial charge in [0, 0.05) is 11.8 Å². The summed E-state index contributed by atoms with van der Waals surface area (Å²) in [4.78, 5) is 0. The molecule has 0 bridgehead atoms. The predicted octanol–water partition coefficient (Wildman–Crippen LogP) is 6.29. The van der Waals surface area contributed by atoms with Crippen molar-refractivity contribution in [1.29, 1.82) is 0 Å². The second-order valence-corrected chi connectivity index (χ2v) is 20.9. The highest BCUT2D eigenvalue weighted by Gasteiger charge is 2.27. The minimum Gasteiger partial charge on any atom is -0.497 e. The van der Waals surface area contributed by atoms with Gasteiger partial charge in [0.15, 0.2) is 0 Å². The number of benzene rings is 1. The van der Waals surface area contributed by atoms with E-state index in [1.165, 1.54) is 18.4 Å². The molecule has 182 valence electrons. The number of aliphatic hydroxyl groups excluding tert-OH is 1. The molecule has 0 heterocycles. The van der Waals surface area contributed by atoms with Gasteiger partial charge >= 0.3 is 0 Å². The molecule has 3 rings (SSSR count). The Labute approximate surface area is 204 Å². The lowest BCUT2D eigenvalue weighted by Gasteiger charge is -2.17. The Kier molecular flexibility index (Phi) is 10.8. The van der Waals surface area contributed by atoms with Gasteiger partial charge in [-0.2, -0.15) is 0 Å². The van der Waals surface area contributed by atoms with Crippen molar-refractivity contribution in [1.82, 2.24) is 0 Å². The number of hydrogen-bond donors (Lipinski definition) is 1. The summed E-state index contributed by atoms with van der Waals surface area (Å²) in [5.74, 6) is 8.31. The molecule has 33 heavy (non-hydrogen) atoms. The first-order valence-corrected chi connectivity index (χ1v) is 19.4. The van der Waals surface area contributed by atoms with Crippen LogP contribution in [0.15, 0.2) is 24.3 Å².